The van der Waals surface area contributed by atoms with Crippen molar-refractivity contribution < 1.29 is 9.59 Å². The summed E-state index contributed by atoms with van der Waals surface area (Å²) in [6, 6.07) is 8.09. The van der Waals surface area contributed by atoms with Crippen LogP contribution in [-0.2, 0) is 16.1 Å². The van der Waals surface area contributed by atoms with Crippen LogP contribution in [-0.4, -0.2) is 34.5 Å². The Kier molecular flexibility index (Phi) is 6.77. The number of carbonyl (C=O) groups is 2. The van der Waals surface area contributed by atoms with Crippen LogP contribution in [0.4, 0.5) is 0 Å². The van der Waals surface area contributed by atoms with Crippen LogP contribution in [0.1, 0.15) is 45.9 Å². The van der Waals surface area contributed by atoms with E-state index < -0.39 is 5.41 Å². The van der Waals surface area contributed by atoms with Crippen LogP contribution in [0.25, 0.3) is 11.0 Å². The minimum absolute atomic E-state index is 0.0147. The van der Waals surface area contributed by atoms with E-state index >= 15 is 0 Å². The lowest BCUT2D eigenvalue weighted by Crippen LogP contribution is -2.35. The number of nitrogens with one attached hydrogen (secondary N) is 2. The molecular weight excluding hydrogens is 328 g/mol. The molecule has 1 heterocycles. The van der Waals surface area contributed by atoms with E-state index in [0.717, 1.165) is 29.8 Å². The highest BCUT2D eigenvalue weighted by atomic mass is 16.2. The highest BCUT2D eigenvalue weighted by molar-refractivity contribution is 5.81. The maximum Gasteiger partial charge on any atom is 0.225 e. The second-order valence-corrected chi connectivity index (χ2v) is 7.61. The van der Waals surface area contributed by atoms with Crippen molar-refractivity contribution in [3.63, 3.8) is 0 Å². The number of hydrogen-bond acceptors (Lipinski definition) is 3. The molecule has 1 aromatic heterocycles. The van der Waals surface area contributed by atoms with Gasteiger partial charge in [0.05, 0.1) is 11.0 Å². The number of hydrogen-bond donors (Lipinski definition) is 2. The van der Waals surface area contributed by atoms with E-state index in [1.54, 1.807) is 0 Å². The van der Waals surface area contributed by atoms with Crippen LogP contribution in [0.2, 0.25) is 0 Å². The van der Waals surface area contributed by atoms with Crippen molar-refractivity contribution in [1.29, 1.82) is 0 Å². The van der Waals surface area contributed by atoms with E-state index in [9.17, 15) is 9.59 Å². The molecule has 0 aliphatic rings. The molecule has 2 aromatic rings. The molecule has 6 heteroatoms. The van der Waals surface area contributed by atoms with E-state index in [1.807, 2.05) is 45.9 Å². The quantitative estimate of drug-likeness (QED) is 0.713. The number of imidazole rings is 1. The number of aryl methyl sites for hydroxylation is 2. The Morgan fingerprint density at radius 2 is 1.77 bits per heavy atom. The van der Waals surface area contributed by atoms with Crippen molar-refractivity contribution in [2.45, 2.75) is 53.5 Å². The molecule has 0 radical (unpaired) electrons. The van der Waals surface area contributed by atoms with Crippen molar-refractivity contribution in [2.24, 2.45) is 5.41 Å². The van der Waals surface area contributed by atoms with Crippen molar-refractivity contribution >= 4 is 22.8 Å². The fraction of sp³-hybridized carbons (Fsp3) is 0.550. The van der Waals surface area contributed by atoms with Gasteiger partial charge in [0.2, 0.25) is 11.8 Å². The zero-order chi connectivity index (χ0) is 19.2. The lowest BCUT2D eigenvalue weighted by atomic mass is 9.96. The van der Waals surface area contributed by atoms with Gasteiger partial charge in [0.1, 0.15) is 5.82 Å². The second-order valence-electron chi connectivity index (χ2n) is 7.61. The van der Waals surface area contributed by atoms with Gasteiger partial charge in [0, 0.05) is 31.5 Å². The molecule has 0 spiro atoms. The van der Waals surface area contributed by atoms with Gasteiger partial charge < -0.3 is 15.2 Å². The van der Waals surface area contributed by atoms with Crippen molar-refractivity contribution in [3.8, 4) is 0 Å². The van der Waals surface area contributed by atoms with Crippen LogP contribution in [0, 0.1) is 12.3 Å². The first-order chi connectivity index (χ1) is 12.3. The number of amides is 2. The Hall–Kier alpha value is -2.37. The zero-order valence-electron chi connectivity index (χ0n) is 16.3. The zero-order valence-corrected chi connectivity index (χ0v) is 16.3. The summed E-state index contributed by atoms with van der Waals surface area (Å²) in [5, 5.41) is 5.80. The topological polar surface area (TPSA) is 76.0 Å². The third kappa shape index (κ3) is 5.58. The van der Waals surface area contributed by atoms with Crippen LogP contribution in [0.15, 0.2) is 24.3 Å². The summed E-state index contributed by atoms with van der Waals surface area (Å²) in [5.74, 6) is 1.04. The first-order valence-corrected chi connectivity index (χ1v) is 9.26. The maximum atomic E-state index is 11.9. The minimum atomic E-state index is -0.391. The van der Waals surface area contributed by atoms with E-state index in [4.69, 9.17) is 0 Å². The normalized spacial score (nSPS) is 11.5. The van der Waals surface area contributed by atoms with Gasteiger partial charge in [-0.1, -0.05) is 32.9 Å². The lowest BCUT2D eigenvalue weighted by molar-refractivity contribution is -0.128. The summed E-state index contributed by atoms with van der Waals surface area (Å²) < 4.78 is 2.18. The van der Waals surface area contributed by atoms with Gasteiger partial charge >= 0.3 is 0 Å². The number of rotatable bonds is 8. The fourth-order valence-electron chi connectivity index (χ4n) is 2.75. The molecule has 2 N–H and O–H groups in total. The van der Waals surface area contributed by atoms with Gasteiger partial charge in [-0.25, -0.2) is 4.98 Å². The predicted octanol–water partition coefficient (Wildman–Crippen LogP) is 2.79. The average Bonchev–Trinajstić information content (AvgIpc) is 2.90. The molecule has 0 fully saturated rings. The molecule has 0 saturated carbocycles. The van der Waals surface area contributed by atoms with Gasteiger partial charge in [-0.2, -0.15) is 0 Å². The molecule has 142 valence electrons. The third-order valence-corrected chi connectivity index (χ3v) is 4.27. The number of aromatic nitrogens is 2. The van der Waals surface area contributed by atoms with E-state index in [2.05, 4.69) is 26.3 Å². The van der Waals surface area contributed by atoms with Gasteiger partial charge in [-0.15, -0.1) is 0 Å². The van der Waals surface area contributed by atoms with Crippen LogP contribution in [0.3, 0.4) is 0 Å². The highest BCUT2D eigenvalue weighted by Gasteiger charge is 2.20. The number of nitrogens with zero attached hydrogens (tertiary/aromatic N) is 2. The summed E-state index contributed by atoms with van der Waals surface area (Å²) in [7, 11) is 0. The Bertz CT molecular complexity index is 759. The predicted molar refractivity (Wildman–Crippen MR) is 104 cm³/mol. The standard InChI is InChI=1S/C20H30N4O2/c1-15-23-16-9-5-6-10-17(16)24(15)14-8-13-21-18(25)11-7-12-22-19(26)20(2,3)4/h5-6,9-10H,7-8,11-14H2,1-4H3,(H,21,25)(H,22,26). The van der Waals surface area contributed by atoms with Gasteiger partial charge in [-0.3, -0.25) is 9.59 Å². The Morgan fingerprint density at radius 3 is 2.50 bits per heavy atom. The molecule has 2 amide bonds. The molecule has 0 aliphatic heterocycles. The molecular formula is C20H30N4O2. The molecule has 0 atom stereocenters. The average molecular weight is 358 g/mol. The monoisotopic (exact) mass is 358 g/mol. The first kappa shape index (κ1) is 19.9. The van der Waals surface area contributed by atoms with E-state index in [1.165, 1.54) is 0 Å². The van der Waals surface area contributed by atoms with Crippen LogP contribution >= 0.6 is 0 Å². The summed E-state index contributed by atoms with van der Waals surface area (Å²) in [6.07, 6.45) is 1.93. The number of carbonyl (C=O) groups excluding carboxylic acids is 2. The minimum Gasteiger partial charge on any atom is -0.356 e. The molecule has 2 rings (SSSR count). The highest BCUT2D eigenvalue weighted by Crippen LogP contribution is 2.15. The Labute approximate surface area is 155 Å². The summed E-state index contributed by atoms with van der Waals surface area (Å²) >= 11 is 0. The molecule has 26 heavy (non-hydrogen) atoms. The van der Waals surface area contributed by atoms with Crippen molar-refractivity contribution in [1.82, 2.24) is 20.2 Å². The molecule has 0 aliphatic carbocycles. The summed E-state index contributed by atoms with van der Waals surface area (Å²) in [4.78, 5) is 28.2. The Balaban J connectivity index is 1.64. The van der Waals surface area contributed by atoms with Crippen molar-refractivity contribution in [3.05, 3.63) is 30.1 Å². The fourth-order valence-corrected chi connectivity index (χ4v) is 2.75. The van der Waals surface area contributed by atoms with Gasteiger partial charge in [0.25, 0.3) is 0 Å². The summed E-state index contributed by atoms with van der Waals surface area (Å²) in [5.41, 5.74) is 1.75. The van der Waals surface area contributed by atoms with E-state index in [0.29, 0.717) is 25.9 Å². The second kappa shape index (κ2) is 8.83. The van der Waals surface area contributed by atoms with Crippen LogP contribution in [0.5, 0.6) is 0 Å². The largest absolute Gasteiger partial charge is 0.356 e. The molecule has 1 aromatic carbocycles. The van der Waals surface area contributed by atoms with Crippen LogP contribution < -0.4 is 10.6 Å². The molecule has 6 nitrogen and oxygen atoms in total. The first-order valence-electron chi connectivity index (χ1n) is 9.26. The smallest absolute Gasteiger partial charge is 0.225 e. The van der Waals surface area contributed by atoms with E-state index in [-0.39, 0.29) is 11.8 Å². The summed E-state index contributed by atoms with van der Waals surface area (Å²) in [6.45, 7) is 9.63. The molecule has 0 unspecified atom stereocenters. The number of fused-ring (bicyclic) bond motifs is 1. The molecule has 0 bridgehead atoms. The SMILES string of the molecule is Cc1nc2ccccc2n1CCCNC(=O)CCCNC(=O)C(C)(C)C. The number of para-hydroxylation sites is 2. The molecule has 0 saturated heterocycles. The van der Waals surface area contributed by atoms with Gasteiger partial charge in [-0.05, 0) is 31.9 Å². The van der Waals surface area contributed by atoms with Crippen molar-refractivity contribution in [2.75, 3.05) is 13.1 Å². The third-order valence-electron chi connectivity index (χ3n) is 4.27. The Morgan fingerprint density at radius 1 is 1.08 bits per heavy atom. The van der Waals surface area contributed by atoms with Gasteiger partial charge in [0.15, 0.2) is 0 Å². The lowest BCUT2D eigenvalue weighted by Gasteiger charge is -2.17. The maximum absolute atomic E-state index is 11.9. The number of benzene rings is 1.